The van der Waals surface area contributed by atoms with E-state index in [1.165, 1.54) is 0 Å². The molecule has 1 fully saturated rings. The Morgan fingerprint density at radius 3 is 2.16 bits per heavy atom. The van der Waals surface area contributed by atoms with Gasteiger partial charge in [-0.25, -0.2) is 4.79 Å². The number of carbonyl (C=O) groups excluding carboxylic acids is 3. The number of aromatic nitrogens is 2. The van der Waals surface area contributed by atoms with E-state index in [2.05, 4.69) is 15.7 Å². The van der Waals surface area contributed by atoms with E-state index >= 15 is 0 Å². The van der Waals surface area contributed by atoms with Gasteiger partial charge in [0, 0.05) is 48.6 Å². The van der Waals surface area contributed by atoms with Gasteiger partial charge in [0.15, 0.2) is 0 Å². The number of hydrogen-bond donors (Lipinski definition) is 2. The molecule has 2 aromatic carbocycles. The Kier molecular flexibility index (Phi) is 9.85. The summed E-state index contributed by atoms with van der Waals surface area (Å²) in [5.41, 5.74) is 3.87. The fourth-order valence-electron chi connectivity index (χ4n) is 5.17. The Morgan fingerprint density at radius 2 is 1.58 bits per heavy atom. The van der Waals surface area contributed by atoms with E-state index in [0.717, 1.165) is 24.0 Å². The van der Waals surface area contributed by atoms with Gasteiger partial charge >= 0.3 is 6.09 Å². The zero-order chi connectivity index (χ0) is 31.1. The summed E-state index contributed by atoms with van der Waals surface area (Å²) in [7, 11) is 1.78. The number of nitrogens with one attached hydrogen (secondary N) is 2. The van der Waals surface area contributed by atoms with E-state index in [-0.39, 0.29) is 23.8 Å². The van der Waals surface area contributed by atoms with Gasteiger partial charge in [-0.1, -0.05) is 42.5 Å². The van der Waals surface area contributed by atoms with Gasteiger partial charge in [0.1, 0.15) is 11.4 Å². The summed E-state index contributed by atoms with van der Waals surface area (Å²) >= 11 is 0. The molecular weight excluding hydrogens is 542 g/mol. The van der Waals surface area contributed by atoms with Crippen LogP contribution in [-0.2, 0) is 16.6 Å². The molecule has 0 atom stereocenters. The van der Waals surface area contributed by atoms with Crippen molar-refractivity contribution in [1.29, 1.82) is 0 Å². The maximum Gasteiger partial charge on any atom is 0.410 e. The second kappa shape index (κ2) is 13.5. The lowest BCUT2D eigenvalue weighted by Gasteiger charge is -2.34. The molecule has 0 radical (unpaired) electrons. The lowest BCUT2D eigenvalue weighted by molar-refractivity contribution is -0.112. The number of benzene rings is 2. The number of amides is 3. The maximum absolute atomic E-state index is 13.4. The van der Waals surface area contributed by atoms with Gasteiger partial charge in [-0.05, 0) is 83.2 Å². The van der Waals surface area contributed by atoms with Crippen molar-refractivity contribution in [3.63, 3.8) is 0 Å². The second-order valence-corrected chi connectivity index (χ2v) is 11.6. The molecule has 3 aromatic rings. The number of nitrogens with zero attached hydrogens (tertiary/aromatic N) is 3. The van der Waals surface area contributed by atoms with Crippen LogP contribution >= 0.6 is 0 Å². The van der Waals surface area contributed by atoms with Gasteiger partial charge in [-0.15, -0.1) is 0 Å². The first-order chi connectivity index (χ1) is 20.5. The number of anilines is 2. The van der Waals surface area contributed by atoms with Gasteiger partial charge in [-0.3, -0.25) is 14.3 Å². The molecule has 9 nitrogen and oxygen atoms in total. The van der Waals surface area contributed by atoms with E-state index in [1.54, 1.807) is 28.8 Å². The predicted octanol–water partition coefficient (Wildman–Crippen LogP) is 6.82. The smallest absolute Gasteiger partial charge is 0.410 e. The molecule has 226 valence electrons. The number of piperidine rings is 1. The Morgan fingerprint density at radius 1 is 0.930 bits per heavy atom. The van der Waals surface area contributed by atoms with E-state index in [9.17, 15) is 14.4 Å². The van der Waals surface area contributed by atoms with Crippen LogP contribution in [0.5, 0.6) is 0 Å². The van der Waals surface area contributed by atoms with Gasteiger partial charge in [0.05, 0.1) is 5.69 Å². The van der Waals surface area contributed by atoms with Crippen molar-refractivity contribution in [1.82, 2.24) is 14.7 Å². The third kappa shape index (κ3) is 8.00. The Labute approximate surface area is 253 Å². The van der Waals surface area contributed by atoms with Crippen molar-refractivity contribution < 1.29 is 19.1 Å². The molecule has 1 aromatic heterocycles. The first-order valence-corrected chi connectivity index (χ1v) is 14.6. The highest BCUT2D eigenvalue weighted by atomic mass is 16.6. The first kappa shape index (κ1) is 31.3. The summed E-state index contributed by atoms with van der Waals surface area (Å²) in [5, 5.41) is 10.5. The number of aryl methyl sites for hydroxylation is 1. The number of hydrogen-bond acceptors (Lipinski definition) is 5. The maximum atomic E-state index is 13.4. The summed E-state index contributed by atoms with van der Waals surface area (Å²) < 4.78 is 7.15. The fraction of sp³-hybridized carbons (Fsp3) is 0.353. The zero-order valence-electron chi connectivity index (χ0n) is 25.8. The van der Waals surface area contributed by atoms with Crippen LogP contribution in [0.4, 0.5) is 16.3 Å². The highest BCUT2D eigenvalue weighted by Gasteiger charge is 2.30. The molecule has 9 heteroatoms. The van der Waals surface area contributed by atoms with Crippen LogP contribution in [0, 0.1) is 5.92 Å². The van der Waals surface area contributed by atoms with E-state index in [4.69, 9.17) is 4.74 Å². The normalized spacial score (nSPS) is 14.8. The van der Waals surface area contributed by atoms with Crippen molar-refractivity contribution in [2.75, 3.05) is 23.7 Å². The number of carbonyl (C=O) groups is 3. The highest BCUT2D eigenvalue weighted by Crippen LogP contribution is 2.31. The summed E-state index contributed by atoms with van der Waals surface area (Å²) in [6, 6.07) is 18.3. The molecule has 43 heavy (non-hydrogen) atoms. The number of ether oxygens (including phenoxy) is 1. The molecule has 0 spiro atoms. The van der Waals surface area contributed by atoms with Crippen molar-refractivity contribution in [3.8, 4) is 11.3 Å². The van der Waals surface area contributed by atoms with Crippen molar-refractivity contribution in [2.24, 2.45) is 13.0 Å². The summed E-state index contributed by atoms with van der Waals surface area (Å²) in [5.74, 6) is 0.363. The van der Waals surface area contributed by atoms with Gasteiger partial charge in [0.2, 0.25) is 0 Å². The quantitative estimate of drug-likeness (QED) is 0.235. The molecule has 2 heterocycles. The molecule has 3 amide bonds. The molecule has 1 aliphatic heterocycles. The molecular formula is C34H41N5O4. The van der Waals surface area contributed by atoms with E-state index < -0.39 is 5.60 Å². The number of allylic oxidation sites excluding steroid dienone is 2. The lowest BCUT2D eigenvalue weighted by atomic mass is 9.84. The third-order valence-corrected chi connectivity index (χ3v) is 7.34. The zero-order valence-corrected chi connectivity index (χ0v) is 25.8. The molecule has 0 unspecified atom stereocenters. The lowest BCUT2D eigenvalue weighted by Crippen LogP contribution is -2.42. The van der Waals surface area contributed by atoms with Crippen molar-refractivity contribution in [2.45, 2.75) is 53.1 Å². The van der Waals surface area contributed by atoms with Gasteiger partial charge in [0.25, 0.3) is 11.8 Å². The van der Waals surface area contributed by atoms with Crippen LogP contribution in [0.1, 0.15) is 57.8 Å². The van der Waals surface area contributed by atoms with Crippen molar-refractivity contribution in [3.05, 3.63) is 89.5 Å². The molecule has 4 rings (SSSR count). The monoisotopic (exact) mass is 583 g/mol. The SMILES string of the molecule is C/C=C(\C(=C/C)C(=O)Nc1ccc(-c2cc(NC(=O)c3ccccc3)n(C)n2)cc1)C1CCN(C(=O)OC(C)(C)C)CC1. The molecule has 0 saturated carbocycles. The van der Waals surface area contributed by atoms with Crippen LogP contribution in [0.15, 0.2) is 84.0 Å². The summed E-state index contributed by atoms with van der Waals surface area (Å²) in [6.45, 7) is 10.6. The third-order valence-electron chi connectivity index (χ3n) is 7.34. The minimum atomic E-state index is -0.530. The minimum Gasteiger partial charge on any atom is -0.444 e. The van der Waals surface area contributed by atoms with Crippen LogP contribution in [-0.4, -0.2) is 51.3 Å². The van der Waals surface area contributed by atoms with E-state index in [0.29, 0.717) is 41.4 Å². The van der Waals surface area contributed by atoms with Crippen LogP contribution in [0.2, 0.25) is 0 Å². The van der Waals surface area contributed by atoms with Crippen LogP contribution in [0.25, 0.3) is 11.3 Å². The Bertz CT molecular complexity index is 1510. The van der Waals surface area contributed by atoms with Gasteiger partial charge < -0.3 is 20.3 Å². The van der Waals surface area contributed by atoms with E-state index in [1.807, 2.05) is 95.3 Å². The Hall–Kier alpha value is -4.66. The molecule has 0 aliphatic carbocycles. The van der Waals surface area contributed by atoms with Gasteiger partial charge in [-0.2, -0.15) is 5.10 Å². The first-order valence-electron chi connectivity index (χ1n) is 14.6. The second-order valence-electron chi connectivity index (χ2n) is 11.6. The number of likely N-dealkylation sites (tertiary alicyclic amines) is 1. The van der Waals surface area contributed by atoms with Crippen molar-refractivity contribution >= 4 is 29.4 Å². The predicted molar refractivity (Wildman–Crippen MR) is 170 cm³/mol. The minimum absolute atomic E-state index is 0.170. The topological polar surface area (TPSA) is 106 Å². The summed E-state index contributed by atoms with van der Waals surface area (Å²) in [4.78, 5) is 40.2. The fourth-order valence-corrected chi connectivity index (χ4v) is 5.17. The number of rotatable bonds is 7. The average molecular weight is 584 g/mol. The largest absolute Gasteiger partial charge is 0.444 e. The summed E-state index contributed by atoms with van der Waals surface area (Å²) in [6.07, 6.45) is 5.07. The standard InChI is InChI=1S/C34H41N5O4/c1-7-27(23-18-20-39(21-19-23)33(42)43-34(3,4)5)28(8-2)32(41)35-26-16-14-24(15-17-26)29-22-30(38(6)37-29)36-31(40)25-12-10-9-11-13-25/h7-17,22-23H,18-21H2,1-6H3,(H,35,41)(H,36,40)/b27-7-,28-8+. The molecule has 1 saturated heterocycles. The molecule has 1 aliphatic rings. The molecule has 2 N–H and O–H groups in total. The Balaban J connectivity index is 1.37. The van der Waals surface area contributed by atoms with Crippen LogP contribution < -0.4 is 10.6 Å². The average Bonchev–Trinajstić information content (AvgIpc) is 3.35. The highest BCUT2D eigenvalue weighted by molar-refractivity contribution is 6.07. The van der Waals surface area contributed by atoms with Crippen LogP contribution in [0.3, 0.4) is 0 Å². The molecule has 0 bridgehead atoms.